The fourth-order valence-electron chi connectivity index (χ4n) is 1.11. The maximum atomic E-state index is 11.5. The van der Waals surface area contributed by atoms with Gasteiger partial charge < -0.3 is 10.2 Å². The van der Waals surface area contributed by atoms with E-state index in [0.717, 1.165) is 0 Å². The number of nitrogens with one attached hydrogen (secondary N) is 2. The van der Waals surface area contributed by atoms with Crippen molar-refractivity contribution in [1.82, 2.24) is 10.4 Å². The largest absolute Gasteiger partial charge is 0.459 e. The van der Waals surface area contributed by atoms with Crippen LogP contribution in [-0.4, -0.2) is 10.9 Å². The van der Waals surface area contributed by atoms with E-state index < -0.39 is 5.91 Å². The minimum atomic E-state index is -0.393. The Hall–Kier alpha value is -2.50. The van der Waals surface area contributed by atoms with Gasteiger partial charge in [0.15, 0.2) is 11.6 Å². The predicted molar refractivity (Wildman–Crippen MR) is 58.4 cm³/mol. The SMILES string of the molecule is Nc1cccnc1NNC(=O)c1ccco1. The number of anilines is 2. The molecule has 0 aromatic carbocycles. The number of pyridine rings is 1. The Labute approximate surface area is 91.4 Å². The van der Waals surface area contributed by atoms with Crippen molar-refractivity contribution in [2.45, 2.75) is 0 Å². The van der Waals surface area contributed by atoms with Gasteiger partial charge in [-0.2, -0.15) is 0 Å². The molecule has 0 bridgehead atoms. The van der Waals surface area contributed by atoms with Crippen LogP contribution in [0.4, 0.5) is 11.5 Å². The molecule has 0 radical (unpaired) electrons. The van der Waals surface area contributed by atoms with Crippen molar-refractivity contribution in [3.63, 3.8) is 0 Å². The second-order valence-corrected chi connectivity index (χ2v) is 3.00. The Kier molecular flexibility index (Phi) is 2.73. The summed E-state index contributed by atoms with van der Waals surface area (Å²) < 4.78 is 4.91. The van der Waals surface area contributed by atoms with Gasteiger partial charge in [-0.3, -0.25) is 15.6 Å². The Bertz CT molecular complexity index is 481. The van der Waals surface area contributed by atoms with Gasteiger partial charge >= 0.3 is 5.91 Å². The lowest BCUT2D eigenvalue weighted by Crippen LogP contribution is -2.29. The summed E-state index contributed by atoms with van der Waals surface area (Å²) in [5.41, 5.74) is 11.1. The molecule has 16 heavy (non-hydrogen) atoms. The third-order valence-electron chi connectivity index (χ3n) is 1.88. The van der Waals surface area contributed by atoms with Gasteiger partial charge in [0.1, 0.15) is 0 Å². The average molecular weight is 218 g/mol. The first-order valence-electron chi connectivity index (χ1n) is 4.58. The summed E-state index contributed by atoms with van der Waals surface area (Å²) in [7, 11) is 0. The number of nitrogens with zero attached hydrogens (tertiary/aromatic N) is 1. The lowest BCUT2D eigenvalue weighted by atomic mass is 10.4. The van der Waals surface area contributed by atoms with Crippen LogP contribution in [0.25, 0.3) is 0 Å². The predicted octanol–water partition coefficient (Wildman–Crippen LogP) is 1.01. The lowest BCUT2D eigenvalue weighted by molar-refractivity contribution is 0.0935. The van der Waals surface area contributed by atoms with Crippen molar-refractivity contribution >= 4 is 17.4 Å². The fourth-order valence-corrected chi connectivity index (χ4v) is 1.11. The third kappa shape index (κ3) is 2.11. The molecular weight excluding hydrogens is 208 g/mol. The van der Waals surface area contributed by atoms with Crippen LogP contribution < -0.4 is 16.6 Å². The molecule has 2 heterocycles. The van der Waals surface area contributed by atoms with E-state index in [-0.39, 0.29) is 5.76 Å². The molecule has 0 unspecified atom stereocenters. The highest BCUT2D eigenvalue weighted by atomic mass is 16.3. The number of hydrogen-bond acceptors (Lipinski definition) is 5. The third-order valence-corrected chi connectivity index (χ3v) is 1.88. The highest BCUT2D eigenvalue weighted by molar-refractivity contribution is 5.92. The number of carbonyl (C=O) groups is 1. The highest BCUT2D eigenvalue weighted by Gasteiger charge is 2.08. The zero-order valence-corrected chi connectivity index (χ0v) is 8.31. The average Bonchev–Trinajstić information content (AvgIpc) is 2.81. The molecule has 0 aliphatic rings. The van der Waals surface area contributed by atoms with Gasteiger partial charge in [-0.25, -0.2) is 4.98 Å². The first-order valence-corrected chi connectivity index (χ1v) is 4.58. The summed E-state index contributed by atoms with van der Waals surface area (Å²) in [5.74, 6) is 0.208. The van der Waals surface area contributed by atoms with Crippen molar-refractivity contribution in [2.75, 3.05) is 11.2 Å². The number of nitrogens with two attached hydrogens (primary N) is 1. The lowest BCUT2D eigenvalue weighted by Gasteiger charge is -2.07. The van der Waals surface area contributed by atoms with E-state index in [1.54, 1.807) is 30.5 Å². The minimum absolute atomic E-state index is 0.210. The van der Waals surface area contributed by atoms with Crippen molar-refractivity contribution < 1.29 is 9.21 Å². The van der Waals surface area contributed by atoms with Gasteiger partial charge in [0.2, 0.25) is 0 Å². The number of rotatable bonds is 3. The molecule has 0 saturated heterocycles. The van der Waals surface area contributed by atoms with Gasteiger partial charge in [0.25, 0.3) is 0 Å². The standard InChI is InChI=1S/C10H10N4O2/c11-7-3-1-5-12-9(7)13-14-10(15)8-4-2-6-16-8/h1-6H,11H2,(H,12,13)(H,14,15). The molecule has 82 valence electrons. The molecule has 0 atom stereocenters. The maximum Gasteiger partial charge on any atom is 0.305 e. The number of furan rings is 1. The molecule has 0 aliphatic heterocycles. The van der Waals surface area contributed by atoms with E-state index in [1.807, 2.05) is 0 Å². The van der Waals surface area contributed by atoms with E-state index >= 15 is 0 Å². The van der Waals surface area contributed by atoms with E-state index in [2.05, 4.69) is 15.8 Å². The molecule has 4 N–H and O–H groups in total. The van der Waals surface area contributed by atoms with Gasteiger partial charge in [0.05, 0.1) is 12.0 Å². The van der Waals surface area contributed by atoms with Crippen molar-refractivity contribution in [3.05, 3.63) is 42.5 Å². The Morgan fingerprint density at radius 3 is 2.94 bits per heavy atom. The molecule has 0 fully saturated rings. The highest BCUT2D eigenvalue weighted by Crippen LogP contribution is 2.11. The topological polar surface area (TPSA) is 93.2 Å². The Morgan fingerprint density at radius 1 is 1.38 bits per heavy atom. The zero-order valence-electron chi connectivity index (χ0n) is 8.31. The molecule has 2 rings (SSSR count). The minimum Gasteiger partial charge on any atom is -0.459 e. The molecule has 6 nitrogen and oxygen atoms in total. The number of aromatic nitrogens is 1. The molecule has 0 spiro atoms. The van der Waals surface area contributed by atoms with Crippen LogP contribution in [0.1, 0.15) is 10.6 Å². The molecule has 2 aromatic rings. The Balaban J connectivity index is 1.98. The van der Waals surface area contributed by atoms with Crippen LogP contribution in [0.3, 0.4) is 0 Å². The van der Waals surface area contributed by atoms with Crippen LogP contribution in [0, 0.1) is 0 Å². The number of nitrogen functional groups attached to an aromatic ring is 1. The first kappa shape index (κ1) is 10.0. The van der Waals surface area contributed by atoms with Gasteiger partial charge in [-0.1, -0.05) is 0 Å². The number of hydrogen-bond donors (Lipinski definition) is 3. The van der Waals surface area contributed by atoms with Gasteiger partial charge in [-0.15, -0.1) is 0 Å². The van der Waals surface area contributed by atoms with Crippen molar-refractivity contribution in [3.8, 4) is 0 Å². The Morgan fingerprint density at radius 2 is 2.25 bits per heavy atom. The van der Waals surface area contributed by atoms with Gasteiger partial charge in [0, 0.05) is 6.20 Å². The summed E-state index contributed by atoms with van der Waals surface area (Å²) >= 11 is 0. The maximum absolute atomic E-state index is 11.5. The quantitative estimate of drug-likeness (QED) is 0.668. The zero-order chi connectivity index (χ0) is 11.4. The van der Waals surface area contributed by atoms with Crippen LogP contribution in [0.15, 0.2) is 41.1 Å². The number of hydrazine groups is 1. The summed E-state index contributed by atoms with van der Waals surface area (Å²) in [4.78, 5) is 15.4. The van der Waals surface area contributed by atoms with E-state index in [0.29, 0.717) is 11.5 Å². The van der Waals surface area contributed by atoms with E-state index in [4.69, 9.17) is 10.2 Å². The summed E-state index contributed by atoms with van der Waals surface area (Å²) in [6.07, 6.45) is 2.99. The summed E-state index contributed by atoms with van der Waals surface area (Å²) in [6.45, 7) is 0. The van der Waals surface area contributed by atoms with Crippen LogP contribution in [0.5, 0.6) is 0 Å². The monoisotopic (exact) mass is 218 g/mol. The molecule has 6 heteroatoms. The normalized spacial score (nSPS) is 9.75. The number of carbonyl (C=O) groups excluding carboxylic acids is 1. The van der Waals surface area contributed by atoms with E-state index in [1.165, 1.54) is 6.26 Å². The molecule has 0 saturated carbocycles. The summed E-state index contributed by atoms with van der Waals surface area (Å²) in [6, 6.07) is 6.56. The van der Waals surface area contributed by atoms with Crippen LogP contribution in [0.2, 0.25) is 0 Å². The van der Waals surface area contributed by atoms with Crippen LogP contribution >= 0.6 is 0 Å². The second-order valence-electron chi connectivity index (χ2n) is 3.00. The molecule has 0 aliphatic carbocycles. The second kappa shape index (κ2) is 4.35. The molecular formula is C10H10N4O2. The number of amides is 1. The summed E-state index contributed by atoms with van der Waals surface area (Å²) in [5, 5.41) is 0. The van der Waals surface area contributed by atoms with Crippen LogP contribution in [-0.2, 0) is 0 Å². The van der Waals surface area contributed by atoms with Crippen molar-refractivity contribution in [2.24, 2.45) is 0 Å². The smallest absolute Gasteiger partial charge is 0.305 e. The first-order chi connectivity index (χ1) is 7.77. The van der Waals surface area contributed by atoms with Gasteiger partial charge in [-0.05, 0) is 24.3 Å². The molecule has 1 amide bonds. The van der Waals surface area contributed by atoms with Crippen molar-refractivity contribution in [1.29, 1.82) is 0 Å². The fraction of sp³-hybridized carbons (Fsp3) is 0. The van der Waals surface area contributed by atoms with E-state index in [9.17, 15) is 4.79 Å². The molecule has 2 aromatic heterocycles.